The van der Waals surface area contributed by atoms with E-state index < -0.39 is 40.2 Å². The van der Waals surface area contributed by atoms with Gasteiger partial charge in [-0.25, -0.2) is 27.5 Å². The fraction of sp³-hybridized carbons (Fsp3) is 0.179. The van der Waals surface area contributed by atoms with Gasteiger partial charge in [0, 0.05) is 48.9 Å². The van der Waals surface area contributed by atoms with Crippen LogP contribution >= 0.6 is 0 Å². The molecule has 15 heteroatoms. The minimum Gasteiger partial charge on any atom is -0.453 e. The standard InChI is InChI=1S/C28H24F3N7O5/c1-3-37-12-17(27(41)38(28(37)42)16-5-6-18(29)19(30)11-16)26(40)34-15-4-7-21(20(31)10-15)43-22-8-9-32-24-23(22)25(36-35-24)33-14(2)13-39/h4-12,14,39H,3,13H2,1-2H3,(H,34,40)(H2,32,33,35,36)/t14-/m0/s1. The molecule has 0 aliphatic carbocycles. The number of aliphatic hydroxyl groups excluding tert-OH is 1. The van der Waals surface area contributed by atoms with E-state index in [0.717, 1.165) is 29.0 Å². The second-order valence-corrected chi connectivity index (χ2v) is 9.38. The normalized spacial score (nSPS) is 11.9. The lowest BCUT2D eigenvalue weighted by Crippen LogP contribution is -2.42. The number of amides is 1. The summed E-state index contributed by atoms with van der Waals surface area (Å²) in [4.78, 5) is 43.3. The molecule has 1 atom stereocenters. The van der Waals surface area contributed by atoms with Gasteiger partial charge in [-0.3, -0.25) is 19.3 Å². The van der Waals surface area contributed by atoms with Crippen LogP contribution in [0.3, 0.4) is 0 Å². The first-order chi connectivity index (χ1) is 20.6. The molecule has 0 bridgehead atoms. The van der Waals surface area contributed by atoms with Gasteiger partial charge in [0.25, 0.3) is 11.5 Å². The predicted octanol–water partition coefficient (Wildman–Crippen LogP) is 3.55. The van der Waals surface area contributed by atoms with Crippen LogP contribution < -0.4 is 26.6 Å². The molecule has 0 aliphatic rings. The maximum atomic E-state index is 15.1. The van der Waals surface area contributed by atoms with Gasteiger partial charge in [-0.15, -0.1) is 0 Å². The van der Waals surface area contributed by atoms with Crippen LogP contribution in [0.1, 0.15) is 24.2 Å². The highest BCUT2D eigenvalue weighted by atomic mass is 19.2. The molecule has 1 amide bonds. The number of pyridine rings is 1. The summed E-state index contributed by atoms with van der Waals surface area (Å²) in [6.07, 6.45) is 2.47. The topological polar surface area (TPSA) is 156 Å². The Bertz CT molecular complexity index is 1970. The number of nitrogens with zero attached hydrogens (tertiary/aromatic N) is 4. The van der Waals surface area contributed by atoms with Gasteiger partial charge in [-0.05, 0) is 38.1 Å². The highest BCUT2D eigenvalue weighted by Gasteiger charge is 2.21. The Hall–Kier alpha value is -5.44. The number of anilines is 2. The van der Waals surface area contributed by atoms with Crippen LogP contribution in [0, 0.1) is 17.5 Å². The number of nitrogens with one attached hydrogen (secondary N) is 3. The highest BCUT2D eigenvalue weighted by molar-refractivity contribution is 6.04. The van der Waals surface area contributed by atoms with Crippen LogP contribution in [-0.4, -0.2) is 48.0 Å². The zero-order valence-electron chi connectivity index (χ0n) is 22.7. The summed E-state index contributed by atoms with van der Waals surface area (Å²) in [5, 5.41) is 22.0. The molecular formula is C28H24F3N7O5. The lowest BCUT2D eigenvalue weighted by Gasteiger charge is -2.14. The molecule has 0 saturated heterocycles. The Labute approximate surface area is 240 Å². The van der Waals surface area contributed by atoms with E-state index >= 15 is 4.39 Å². The molecule has 0 spiro atoms. The van der Waals surface area contributed by atoms with E-state index in [0.29, 0.717) is 27.5 Å². The number of aromatic nitrogens is 5. The molecule has 4 N–H and O–H groups in total. The van der Waals surface area contributed by atoms with Crippen LogP contribution in [0.4, 0.5) is 24.7 Å². The number of hydrogen-bond donors (Lipinski definition) is 4. The SMILES string of the molecule is CCn1cc(C(=O)Nc2ccc(Oc3ccnc4[nH]nc(N[C@@H](C)CO)c34)c(F)c2)c(=O)n(-c2ccc(F)c(F)c2)c1=O. The maximum Gasteiger partial charge on any atom is 0.335 e. The minimum absolute atomic E-state index is 0.0369. The third-order valence-corrected chi connectivity index (χ3v) is 6.39. The number of fused-ring (bicyclic) bond motifs is 1. The number of ether oxygens (including phenoxy) is 1. The third kappa shape index (κ3) is 5.70. The van der Waals surface area contributed by atoms with Crippen molar-refractivity contribution in [2.24, 2.45) is 0 Å². The summed E-state index contributed by atoms with van der Waals surface area (Å²) in [5.74, 6) is -3.95. The average molecular weight is 596 g/mol. The fourth-order valence-corrected chi connectivity index (χ4v) is 4.21. The van der Waals surface area contributed by atoms with Crippen molar-refractivity contribution in [3.63, 3.8) is 0 Å². The number of carbonyl (C=O) groups excluding carboxylic acids is 1. The van der Waals surface area contributed by atoms with Crippen molar-refractivity contribution >= 4 is 28.4 Å². The van der Waals surface area contributed by atoms with Crippen molar-refractivity contribution in [1.82, 2.24) is 24.3 Å². The number of aromatic amines is 1. The van der Waals surface area contributed by atoms with Crippen LogP contribution in [0.25, 0.3) is 16.7 Å². The zero-order valence-corrected chi connectivity index (χ0v) is 22.7. The summed E-state index contributed by atoms with van der Waals surface area (Å²) < 4.78 is 49.9. The van der Waals surface area contributed by atoms with Gasteiger partial charge in [0.05, 0.1) is 12.3 Å². The Balaban J connectivity index is 1.43. The molecule has 222 valence electrons. The smallest absolute Gasteiger partial charge is 0.335 e. The van der Waals surface area contributed by atoms with Crippen LogP contribution in [-0.2, 0) is 6.54 Å². The molecule has 0 radical (unpaired) electrons. The second kappa shape index (κ2) is 11.8. The lowest BCUT2D eigenvalue weighted by molar-refractivity contribution is 0.102. The summed E-state index contributed by atoms with van der Waals surface area (Å²) in [7, 11) is 0. The Kier molecular flexibility index (Phi) is 7.98. The summed E-state index contributed by atoms with van der Waals surface area (Å²) in [5.41, 5.74) is -2.40. The van der Waals surface area contributed by atoms with E-state index in [4.69, 9.17) is 4.74 Å². The van der Waals surface area contributed by atoms with E-state index in [1.165, 1.54) is 24.4 Å². The molecule has 0 saturated carbocycles. The zero-order chi connectivity index (χ0) is 30.8. The van der Waals surface area contributed by atoms with Gasteiger partial charge in [0.15, 0.2) is 34.7 Å². The molecule has 0 aliphatic heterocycles. The molecule has 3 heterocycles. The maximum absolute atomic E-state index is 15.1. The number of hydrogen-bond acceptors (Lipinski definition) is 8. The summed E-state index contributed by atoms with van der Waals surface area (Å²) in [6.45, 7) is 3.21. The van der Waals surface area contributed by atoms with Crippen molar-refractivity contribution < 1.29 is 27.8 Å². The van der Waals surface area contributed by atoms with E-state index in [1.807, 2.05) is 0 Å². The largest absolute Gasteiger partial charge is 0.453 e. The predicted molar refractivity (Wildman–Crippen MR) is 150 cm³/mol. The highest BCUT2D eigenvalue weighted by Crippen LogP contribution is 2.34. The average Bonchev–Trinajstić information content (AvgIpc) is 3.39. The Morgan fingerprint density at radius 2 is 1.86 bits per heavy atom. The lowest BCUT2D eigenvalue weighted by atomic mass is 10.2. The van der Waals surface area contributed by atoms with Crippen molar-refractivity contribution in [3.05, 3.63) is 98.7 Å². The van der Waals surface area contributed by atoms with Crippen molar-refractivity contribution in [1.29, 1.82) is 0 Å². The number of benzene rings is 2. The molecule has 43 heavy (non-hydrogen) atoms. The molecule has 3 aromatic heterocycles. The van der Waals surface area contributed by atoms with Gasteiger partial charge >= 0.3 is 5.69 Å². The molecule has 5 aromatic rings. The fourth-order valence-electron chi connectivity index (χ4n) is 4.21. The summed E-state index contributed by atoms with van der Waals surface area (Å²) in [6, 6.07) is 7.18. The first kappa shape index (κ1) is 29.1. The van der Waals surface area contributed by atoms with Gasteiger partial charge in [-0.1, -0.05) is 0 Å². The van der Waals surface area contributed by atoms with Gasteiger partial charge in [0.1, 0.15) is 16.7 Å². The second-order valence-electron chi connectivity index (χ2n) is 9.38. The first-order valence-electron chi connectivity index (χ1n) is 12.9. The number of carbonyl (C=O) groups is 1. The van der Waals surface area contributed by atoms with E-state index in [2.05, 4.69) is 25.8 Å². The monoisotopic (exact) mass is 595 g/mol. The van der Waals surface area contributed by atoms with E-state index in [1.54, 1.807) is 13.8 Å². The quantitative estimate of drug-likeness (QED) is 0.202. The van der Waals surface area contributed by atoms with Crippen molar-refractivity contribution in [2.75, 3.05) is 17.2 Å². The number of halogens is 3. The minimum atomic E-state index is -1.29. The van der Waals surface area contributed by atoms with Crippen LogP contribution in [0.2, 0.25) is 0 Å². The number of aliphatic hydroxyl groups is 1. The van der Waals surface area contributed by atoms with E-state index in [9.17, 15) is 28.3 Å². The first-order valence-corrected chi connectivity index (χ1v) is 12.9. The number of aryl methyl sites for hydroxylation is 1. The molecule has 0 unspecified atom stereocenters. The van der Waals surface area contributed by atoms with Gasteiger partial charge in [-0.2, -0.15) is 5.10 Å². The van der Waals surface area contributed by atoms with Crippen molar-refractivity contribution in [2.45, 2.75) is 26.4 Å². The molecule has 5 rings (SSSR count). The van der Waals surface area contributed by atoms with Gasteiger partial charge < -0.3 is 20.5 Å². The molecule has 12 nitrogen and oxygen atoms in total. The number of H-pyrrole nitrogens is 1. The third-order valence-electron chi connectivity index (χ3n) is 6.39. The Morgan fingerprint density at radius 3 is 2.56 bits per heavy atom. The van der Waals surface area contributed by atoms with Crippen LogP contribution in [0.15, 0.2) is 64.4 Å². The molecular weight excluding hydrogens is 571 g/mol. The molecule has 2 aromatic carbocycles. The van der Waals surface area contributed by atoms with Gasteiger partial charge in [0.2, 0.25) is 0 Å². The Morgan fingerprint density at radius 1 is 1.07 bits per heavy atom. The number of rotatable bonds is 9. The summed E-state index contributed by atoms with van der Waals surface area (Å²) >= 11 is 0. The van der Waals surface area contributed by atoms with E-state index in [-0.39, 0.29) is 42.1 Å². The van der Waals surface area contributed by atoms with Crippen molar-refractivity contribution in [3.8, 4) is 17.2 Å². The molecule has 0 fully saturated rings. The van der Waals surface area contributed by atoms with Crippen LogP contribution in [0.5, 0.6) is 11.5 Å².